The lowest BCUT2D eigenvalue weighted by atomic mass is 10.1. The second-order valence-corrected chi connectivity index (χ2v) is 6.12. The third kappa shape index (κ3) is 5.66. The fraction of sp³-hybridized carbons (Fsp3) is 0.368. The van der Waals surface area contributed by atoms with Crippen LogP contribution in [0.15, 0.2) is 42.5 Å². The molecule has 5 nitrogen and oxygen atoms in total. The van der Waals surface area contributed by atoms with Crippen molar-refractivity contribution in [3.8, 4) is 0 Å². The molecule has 24 heavy (non-hydrogen) atoms. The summed E-state index contributed by atoms with van der Waals surface area (Å²) in [6.07, 6.45) is 0.887. The maximum Gasteiger partial charge on any atom is 0.275 e. The molecule has 2 amide bonds. The SMILES string of the molecule is CCCNC(=O)CNC(=O)C[NH+](C)Cc1ccc2ccccc2c1. The molecule has 0 saturated heterocycles. The lowest BCUT2D eigenvalue weighted by Crippen LogP contribution is -3.08. The van der Waals surface area contributed by atoms with E-state index >= 15 is 0 Å². The van der Waals surface area contributed by atoms with Gasteiger partial charge in [-0.15, -0.1) is 0 Å². The highest BCUT2D eigenvalue weighted by Gasteiger charge is 2.12. The standard InChI is InChI=1S/C19H25N3O2/c1-3-10-20-18(23)12-21-19(24)14-22(2)13-15-8-9-16-6-4-5-7-17(16)11-15/h4-9,11H,3,10,12-14H2,1-2H3,(H,20,23)(H,21,24)/p+1. The summed E-state index contributed by atoms with van der Waals surface area (Å²) in [6, 6.07) is 14.6. The first-order chi connectivity index (χ1) is 11.6. The molecular formula is C19H26N3O2+. The largest absolute Gasteiger partial charge is 0.355 e. The number of carbonyl (C=O) groups is 2. The smallest absolute Gasteiger partial charge is 0.275 e. The average Bonchev–Trinajstić information content (AvgIpc) is 2.58. The fourth-order valence-electron chi connectivity index (χ4n) is 2.60. The van der Waals surface area contributed by atoms with Gasteiger partial charge in [0.1, 0.15) is 6.54 Å². The number of rotatable bonds is 8. The lowest BCUT2D eigenvalue weighted by Gasteiger charge is -2.14. The van der Waals surface area contributed by atoms with E-state index in [1.807, 2.05) is 26.1 Å². The molecule has 128 valence electrons. The molecule has 0 aliphatic heterocycles. The van der Waals surface area contributed by atoms with E-state index in [4.69, 9.17) is 0 Å². The number of benzene rings is 2. The van der Waals surface area contributed by atoms with Crippen molar-refractivity contribution in [2.75, 3.05) is 26.7 Å². The van der Waals surface area contributed by atoms with Crippen LogP contribution in [0, 0.1) is 0 Å². The third-order valence-corrected chi connectivity index (χ3v) is 3.80. The summed E-state index contributed by atoms with van der Waals surface area (Å²) < 4.78 is 0. The highest BCUT2D eigenvalue weighted by molar-refractivity contribution is 5.85. The molecule has 1 unspecified atom stereocenters. The van der Waals surface area contributed by atoms with Crippen molar-refractivity contribution in [1.82, 2.24) is 10.6 Å². The van der Waals surface area contributed by atoms with E-state index in [1.165, 1.54) is 16.3 Å². The van der Waals surface area contributed by atoms with Crippen LogP contribution >= 0.6 is 0 Å². The van der Waals surface area contributed by atoms with Crippen LogP contribution in [0.1, 0.15) is 18.9 Å². The van der Waals surface area contributed by atoms with E-state index in [1.54, 1.807) is 0 Å². The second kappa shape index (κ2) is 9.03. The van der Waals surface area contributed by atoms with Gasteiger partial charge in [0.25, 0.3) is 5.91 Å². The van der Waals surface area contributed by atoms with E-state index in [0.29, 0.717) is 13.1 Å². The van der Waals surface area contributed by atoms with E-state index < -0.39 is 0 Å². The van der Waals surface area contributed by atoms with E-state index in [2.05, 4.69) is 41.0 Å². The Morgan fingerprint density at radius 1 is 1.00 bits per heavy atom. The molecule has 0 saturated carbocycles. The fourth-order valence-corrected chi connectivity index (χ4v) is 2.60. The van der Waals surface area contributed by atoms with Crippen molar-refractivity contribution in [3.63, 3.8) is 0 Å². The number of amides is 2. The minimum atomic E-state index is -0.141. The van der Waals surface area contributed by atoms with Gasteiger partial charge in [-0.2, -0.15) is 0 Å². The van der Waals surface area contributed by atoms with Gasteiger partial charge in [0.15, 0.2) is 6.54 Å². The Kier molecular flexibility index (Phi) is 6.75. The van der Waals surface area contributed by atoms with Gasteiger partial charge in [0, 0.05) is 12.1 Å². The van der Waals surface area contributed by atoms with Crippen LogP contribution in [0.3, 0.4) is 0 Å². The molecule has 0 aliphatic carbocycles. The predicted molar refractivity (Wildman–Crippen MR) is 95.7 cm³/mol. The zero-order valence-corrected chi connectivity index (χ0v) is 14.4. The second-order valence-electron chi connectivity index (χ2n) is 6.12. The Labute approximate surface area is 143 Å². The van der Waals surface area contributed by atoms with Gasteiger partial charge >= 0.3 is 0 Å². The monoisotopic (exact) mass is 328 g/mol. The number of likely N-dealkylation sites (N-methyl/N-ethyl adjacent to an activating group) is 1. The molecule has 2 rings (SSSR count). The molecule has 1 atom stereocenters. The summed E-state index contributed by atoms with van der Waals surface area (Å²) in [5.41, 5.74) is 1.19. The molecule has 5 heteroatoms. The topological polar surface area (TPSA) is 62.6 Å². The van der Waals surface area contributed by atoms with Crippen LogP contribution in [-0.4, -0.2) is 38.5 Å². The van der Waals surface area contributed by atoms with Gasteiger partial charge in [0.05, 0.1) is 13.6 Å². The average molecular weight is 328 g/mol. The summed E-state index contributed by atoms with van der Waals surface area (Å²) >= 11 is 0. The Hall–Kier alpha value is -2.40. The number of quaternary nitrogens is 1. The molecule has 2 aromatic carbocycles. The predicted octanol–water partition coefficient (Wildman–Crippen LogP) is 0.497. The molecular weight excluding hydrogens is 302 g/mol. The van der Waals surface area contributed by atoms with E-state index in [0.717, 1.165) is 17.9 Å². The maximum atomic E-state index is 11.9. The first-order valence-electron chi connectivity index (χ1n) is 8.41. The Bertz CT molecular complexity index is 700. The van der Waals surface area contributed by atoms with Crippen LogP contribution in [0.2, 0.25) is 0 Å². The highest BCUT2D eigenvalue weighted by atomic mass is 16.2. The summed E-state index contributed by atoms with van der Waals surface area (Å²) in [7, 11) is 1.98. The van der Waals surface area contributed by atoms with Gasteiger partial charge in [-0.05, 0) is 23.3 Å². The van der Waals surface area contributed by atoms with Crippen LogP contribution in [0.25, 0.3) is 10.8 Å². The van der Waals surface area contributed by atoms with Crippen molar-refractivity contribution in [3.05, 3.63) is 48.0 Å². The zero-order valence-electron chi connectivity index (χ0n) is 14.4. The maximum absolute atomic E-state index is 11.9. The van der Waals surface area contributed by atoms with E-state index in [-0.39, 0.29) is 18.4 Å². The Balaban J connectivity index is 1.80. The normalized spacial score (nSPS) is 11.9. The third-order valence-electron chi connectivity index (χ3n) is 3.80. The van der Waals surface area contributed by atoms with Gasteiger partial charge in [-0.1, -0.05) is 43.3 Å². The van der Waals surface area contributed by atoms with Gasteiger partial charge in [-0.25, -0.2) is 0 Å². The summed E-state index contributed by atoms with van der Waals surface area (Å²) in [5.74, 6) is -0.252. The number of hydrogen-bond donors (Lipinski definition) is 3. The summed E-state index contributed by atoms with van der Waals surface area (Å²) in [5, 5.41) is 7.83. The number of hydrogen-bond acceptors (Lipinski definition) is 2. The summed E-state index contributed by atoms with van der Waals surface area (Å²) in [6.45, 7) is 3.78. The first kappa shape index (κ1) is 17.9. The van der Waals surface area contributed by atoms with Gasteiger partial charge in [-0.3, -0.25) is 9.59 Å². The highest BCUT2D eigenvalue weighted by Crippen LogP contribution is 2.14. The lowest BCUT2D eigenvalue weighted by molar-refractivity contribution is -0.885. The van der Waals surface area contributed by atoms with Crippen molar-refractivity contribution in [1.29, 1.82) is 0 Å². The number of carbonyl (C=O) groups excluding carboxylic acids is 2. The van der Waals surface area contributed by atoms with E-state index in [9.17, 15) is 9.59 Å². The van der Waals surface area contributed by atoms with Crippen LogP contribution in [0.5, 0.6) is 0 Å². The zero-order chi connectivity index (χ0) is 17.4. The van der Waals surface area contributed by atoms with Gasteiger partial charge < -0.3 is 15.5 Å². The molecule has 0 aliphatic rings. The van der Waals surface area contributed by atoms with Crippen LogP contribution in [-0.2, 0) is 16.1 Å². The molecule has 0 fully saturated rings. The number of nitrogens with one attached hydrogen (secondary N) is 3. The molecule has 0 heterocycles. The Morgan fingerprint density at radius 3 is 2.50 bits per heavy atom. The minimum absolute atomic E-state index is 0.0437. The molecule has 0 radical (unpaired) electrons. The Morgan fingerprint density at radius 2 is 1.75 bits per heavy atom. The van der Waals surface area contributed by atoms with Crippen LogP contribution in [0.4, 0.5) is 0 Å². The van der Waals surface area contributed by atoms with Crippen molar-refractivity contribution >= 4 is 22.6 Å². The van der Waals surface area contributed by atoms with Crippen molar-refractivity contribution < 1.29 is 14.5 Å². The quantitative estimate of drug-likeness (QED) is 0.661. The van der Waals surface area contributed by atoms with Crippen molar-refractivity contribution in [2.45, 2.75) is 19.9 Å². The van der Waals surface area contributed by atoms with Gasteiger partial charge in [0.2, 0.25) is 5.91 Å². The molecule has 2 aromatic rings. The molecule has 0 bridgehead atoms. The number of fused-ring (bicyclic) bond motifs is 1. The molecule has 0 aromatic heterocycles. The first-order valence-corrected chi connectivity index (χ1v) is 8.41. The van der Waals surface area contributed by atoms with Crippen molar-refractivity contribution in [2.24, 2.45) is 0 Å². The molecule has 0 spiro atoms. The van der Waals surface area contributed by atoms with Crippen LogP contribution < -0.4 is 15.5 Å². The summed E-state index contributed by atoms with van der Waals surface area (Å²) in [4.78, 5) is 24.5. The minimum Gasteiger partial charge on any atom is -0.355 e. The molecule has 3 N–H and O–H groups in total.